The molecule has 0 saturated carbocycles. The number of hydrogen-bond acceptors (Lipinski definition) is 4. The van der Waals surface area contributed by atoms with Crippen molar-refractivity contribution in [3.8, 4) is 6.07 Å². The summed E-state index contributed by atoms with van der Waals surface area (Å²) in [4.78, 5) is 6.08. The van der Waals surface area contributed by atoms with Crippen LogP contribution in [0.4, 0.5) is 5.69 Å². The predicted octanol–water partition coefficient (Wildman–Crippen LogP) is 4.75. The Balaban J connectivity index is 1.91. The molecule has 0 amide bonds. The van der Waals surface area contributed by atoms with E-state index in [1.807, 2.05) is 18.2 Å². The highest BCUT2D eigenvalue weighted by Gasteiger charge is 2.26. The fraction of sp³-hybridized carbons (Fsp3) is 0.353. The standard InChI is InChI=1S/C17H17BrClN3S/c1-21-7-6-14(10-21)22(11-15-4-5-17(18)23-15)13-3-2-12(9-20)16(19)8-13/h2-5,8,14H,6-7,10-11H2,1H3/t14-/m0/s1. The van der Waals surface area contributed by atoms with Crippen molar-refractivity contribution in [1.82, 2.24) is 4.90 Å². The molecule has 6 heteroatoms. The first-order valence-corrected chi connectivity index (χ1v) is 9.44. The molecule has 1 aliphatic rings. The monoisotopic (exact) mass is 409 g/mol. The van der Waals surface area contributed by atoms with Gasteiger partial charge in [-0.2, -0.15) is 5.26 Å². The molecule has 1 aromatic carbocycles. The van der Waals surface area contributed by atoms with Gasteiger partial charge < -0.3 is 9.80 Å². The predicted molar refractivity (Wildman–Crippen MR) is 100 cm³/mol. The van der Waals surface area contributed by atoms with E-state index in [0.717, 1.165) is 35.5 Å². The van der Waals surface area contributed by atoms with E-state index in [9.17, 15) is 0 Å². The number of likely N-dealkylation sites (tertiary alicyclic amines) is 1. The molecule has 120 valence electrons. The second-order valence-electron chi connectivity index (χ2n) is 5.81. The zero-order valence-electron chi connectivity index (χ0n) is 12.8. The molecule has 0 N–H and O–H groups in total. The first kappa shape index (κ1) is 16.8. The van der Waals surface area contributed by atoms with Gasteiger partial charge in [-0.1, -0.05) is 11.6 Å². The highest BCUT2D eigenvalue weighted by Crippen LogP contribution is 2.31. The highest BCUT2D eigenvalue weighted by molar-refractivity contribution is 9.11. The van der Waals surface area contributed by atoms with Crippen LogP contribution < -0.4 is 4.90 Å². The molecule has 0 bridgehead atoms. The van der Waals surface area contributed by atoms with Crippen LogP contribution in [0.5, 0.6) is 0 Å². The lowest BCUT2D eigenvalue weighted by Gasteiger charge is -2.31. The summed E-state index contributed by atoms with van der Waals surface area (Å²) >= 11 is 11.5. The number of halogens is 2. The number of rotatable bonds is 4. The first-order chi connectivity index (χ1) is 11.1. The molecular weight excluding hydrogens is 394 g/mol. The molecule has 3 rings (SSSR count). The number of thiophene rings is 1. The summed E-state index contributed by atoms with van der Waals surface area (Å²) < 4.78 is 1.15. The second-order valence-corrected chi connectivity index (χ2v) is 8.77. The van der Waals surface area contributed by atoms with Gasteiger partial charge in [0.1, 0.15) is 6.07 Å². The van der Waals surface area contributed by atoms with E-state index >= 15 is 0 Å². The van der Waals surface area contributed by atoms with Gasteiger partial charge in [-0.05, 0) is 66.3 Å². The summed E-state index contributed by atoms with van der Waals surface area (Å²) in [6.07, 6.45) is 1.14. The molecule has 2 aromatic rings. The average Bonchev–Trinajstić information content (AvgIpc) is 3.13. The van der Waals surface area contributed by atoms with Gasteiger partial charge in [0.25, 0.3) is 0 Å². The second kappa shape index (κ2) is 7.23. The molecule has 0 unspecified atom stereocenters. The van der Waals surface area contributed by atoms with Gasteiger partial charge >= 0.3 is 0 Å². The van der Waals surface area contributed by atoms with Crippen LogP contribution in [-0.4, -0.2) is 31.1 Å². The maximum atomic E-state index is 9.07. The van der Waals surface area contributed by atoms with Crippen molar-refractivity contribution < 1.29 is 0 Å². The van der Waals surface area contributed by atoms with Crippen LogP contribution in [0.2, 0.25) is 5.02 Å². The zero-order valence-corrected chi connectivity index (χ0v) is 16.0. The van der Waals surface area contributed by atoms with Crippen LogP contribution >= 0.6 is 38.9 Å². The van der Waals surface area contributed by atoms with Gasteiger partial charge in [0, 0.05) is 23.2 Å². The number of benzene rings is 1. The van der Waals surface area contributed by atoms with Gasteiger partial charge in [-0.15, -0.1) is 11.3 Å². The van der Waals surface area contributed by atoms with Crippen LogP contribution in [0.1, 0.15) is 16.9 Å². The molecule has 1 saturated heterocycles. The van der Waals surface area contributed by atoms with Gasteiger partial charge in [0.2, 0.25) is 0 Å². The normalized spacial score (nSPS) is 18.1. The molecule has 0 radical (unpaired) electrons. The Hall–Kier alpha value is -1.06. The van der Waals surface area contributed by atoms with E-state index in [1.165, 1.54) is 4.88 Å². The Labute approximate surface area is 154 Å². The van der Waals surface area contributed by atoms with Crippen molar-refractivity contribution in [1.29, 1.82) is 5.26 Å². The number of hydrogen-bond donors (Lipinski definition) is 0. The molecule has 1 aliphatic heterocycles. The molecule has 0 spiro atoms. The molecule has 23 heavy (non-hydrogen) atoms. The minimum absolute atomic E-state index is 0.463. The summed E-state index contributed by atoms with van der Waals surface area (Å²) in [7, 11) is 2.16. The van der Waals surface area contributed by atoms with E-state index in [1.54, 1.807) is 11.3 Å². The van der Waals surface area contributed by atoms with Crippen molar-refractivity contribution in [2.24, 2.45) is 0 Å². The SMILES string of the molecule is CN1CC[C@H](N(Cc2ccc(Br)s2)c2ccc(C#N)c(Cl)c2)C1. The highest BCUT2D eigenvalue weighted by atomic mass is 79.9. The van der Waals surface area contributed by atoms with E-state index in [-0.39, 0.29) is 0 Å². The number of nitriles is 1. The summed E-state index contributed by atoms with van der Waals surface area (Å²) in [5, 5.41) is 9.60. The minimum atomic E-state index is 0.463. The molecule has 1 fully saturated rings. The summed E-state index contributed by atoms with van der Waals surface area (Å²) in [6.45, 7) is 3.01. The van der Waals surface area contributed by atoms with Crippen LogP contribution in [0.3, 0.4) is 0 Å². The molecule has 2 heterocycles. The summed E-state index contributed by atoms with van der Waals surface area (Å²) in [5.74, 6) is 0. The largest absolute Gasteiger partial charge is 0.362 e. The molecule has 1 atom stereocenters. The van der Waals surface area contributed by atoms with E-state index in [4.69, 9.17) is 16.9 Å². The summed E-state index contributed by atoms with van der Waals surface area (Å²) in [6, 6.07) is 12.6. The fourth-order valence-electron chi connectivity index (χ4n) is 2.98. The van der Waals surface area contributed by atoms with Crippen molar-refractivity contribution in [2.45, 2.75) is 19.0 Å². The first-order valence-electron chi connectivity index (χ1n) is 7.46. The maximum absolute atomic E-state index is 9.07. The number of likely N-dealkylation sites (N-methyl/N-ethyl adjacent to an activating group) is 1. The van der Waals surface area contributed by atoms with E-state index in [2.05, 4.69) is 51.0 Å². The topological polar surface area (TPSA) is 30.3 Å². The van der Waals surface area contributed by atoms with Crippen LogP contribution in [0.15, 0.2) is 34.1 Å². The lowest BCUT2D eigenvalue weighted by Crippen LogP contribution is -2.36. The molecule has 3 nitrogen and oxygen atoms in total. The fourth-order valence-corrected chi connectivity index (χ4v) is 4.67. The van der Waals surface area contributed by atoms with Crippen molar-refractivity contribution in [3.63, 3.8) is 0 Å². The number of anilines is 1. The Morgan fingerprint density at radius 3 is 2.83 bits per heavy atom. The lowest BCUT2D eigenvalue weighted by molar-refractivity contribution is 0.407. The molecule has 0 aliphatic carbocycles. The summed E-state index contributed by atoms with van der Waals surface area (Å²) in [5.41, 5.74) is 1.61. The Bertz CT molecular complexity index is 740. The quantitative estimate of drug-likeness (QED) is 0.729. The maximum Gasteiger partial charge on any atom is 0.101 e. The van der Waals surface area contributed by atoms with E-state index in [0.29, 0.717) is 16.6 Å². The minimum Gasteiger partial charge on any atom is -0.362 e. The molecule has 1 aromatic heterocycles. The smallest absolute Gasteiger partial charge is 0.101 e. The third-order valence-electron chi connectivity index (χ3n) is 4.17. The van der Waals surface area contributed by atoms with Crippen molar-refractivity contribution in [2.75, 3.05) is 25.0 Å². The molecular formula is C17H17BrClN3S. The van der Waals surface area contributed by atoms with Gasteiger partial charge in [0.15, 0.2) is 0 Å². The lowest BCUT2D eigenvalue weighted by atomic mass is 10.1. The van der Waals surface area contributed by atoms with Crippen LogP contribution in [0.25, 0.3) is 0 Å². The Kier molecular flexibility index (Phi) is 5.27. The van der Waals surface area contributed by atoms with Crippen molar-refractivity contribution >= 4 is 44.6 Å². The Morgan fingerprint density at radius 1 is 1.43 bits per heavy atom. The Morgan fingerprint density at radius 2 is 2.26 bits per heavy atom. The third-order valence-corrected chi connectivity index (χ3v) is 6.09. The third kappa shape index (κ3) is 3.89. The van der Waals surface area contributed by atoms with Gasteiger partial charge in [-0.3, -0.25) is 0 Å². The zero-order chi connectivity index (χ0) is 16.4. The van der Waals surface area contributed by atoms with Gasteiger partial charge in [0.05, 0.1) is 20.9 Å². The van der Waals surface area contributed by atoms with Crippen molar-refractivity contribution in [3.05, 3.63) is 49.6 Å². The van der Waals surface area contributed by atoms with Gasteiger partial charge in [-0.25, -0.2) is 0 Å². The van der Waals surface area contributed by atoms with E-state index < -0.39 is 0 Å². The average molecular weight is 411 g/mol. The number of nitrogens with zero attached hydrogens (tertiary/aromatic N) is 3. The van der Waals surface area contributed by atoms with Crippen LogP contribution in [0, 0.1) is 11.3 Å². The van der Waals surface area contributed by atoms with Crippen LogP contribution in [-0.2, 0) is 6.54 Å².